The predicted octanol–water partition coefficient (Wildman–Crippen LogP) is 3.42. The van der Waals surface area contributed by atoms with Crippen LogP contribution in [-0.2, 0) is 4.79 Å². The monoisotopic (exact) mass is 334 g/mol. The number of nitrogens with zero attached hydrogens (tertiary/aromatic N) is 2. The van der Waals surface area contributed by atoms with Crippen LogP contribution >= 0.6 is 11.8 Å². The van der Waals surface area contributed by atoms with E-state index in [1.165, 1.54) is 6.42 Å². The van der Waals surface area contributed by atoms with Gasteiger partial charge in [0, 0.05) is 31.8 Å². The molecule has 5 heteroatoms. The van der Waals surface area contributed by atoms with Gasteiger partial charge in [-0.1, -0.05) is 19.1 Å². The van der Waals surface area contributed by atoms with Gasteiger partial charge >= 0.3 is 0 Å². The van der Waals surface area contributed by atoms with Crippen molar-refractivity contribution in [1.29, 1.82) is 0 Å². The van der Waals surface area contributed by atoms with Gasteiger partial charge in [0.15, 0.2) is 0 Å². The molecule has 1 aromatic rings. The van der Waals surface area contributed by atoms with Crippen LogP contribution in [0.25, 0.3) is 0 Å². The molecule has 23 heavy (non-hydrogen) atoms. The second kappa shape index (κ2) is 7.86. The van der Waals surface area contributed by atoms with Gasteiger partial charge in [-0.2, -0.15) is 11.8 Å². The molecule has 126 valence electrons. The minimum absolute atomic E-state index is 0.00288. The number of hydrogen-bond donors (Lipinski definition) is 0. The maximum absolute atomic E-state index is 12.9. The number of thioether (sulfide) groups is 1. The maximum atomic E-state index is 12.9. The fraction of sp³-hybridized carbons (Fsp3) is 0.556. The van der Waals surface area contributed by atoms with E-state index in [1.807, 2.05) is 54.9 Å². The zero-order valence-corrected chi connectivity index (χ0v) is 15.2. The number of rotatable bonds is 5. The van der Waals surface area contributed by atoms with Gasteiger partial charge < -0.3 is 9.80 Å². The Morgan fingerprint density at radius 3 is 2.52 bits per heavy atom. The molecular formula is C18H26N2O2S. The number of hydrogen-bond acceptors (Lipinski definition) is 3. The van der Waals surface area contributed by atoms with Gasteiger partial charge in [0.2, 0.25) is 5.91 Å². The largest absolute Gasteiger partial charge is 0.339 e. The molecular weight excluding hydrogens is 308 g/mol. The van der Waals surface area contributed by atoms with Gasteiger partial charge in [-0.25, -0.2) is 0 Å². The second-order valence-electron chi connectivity index (χ2n) is 6.06. The Kier molecular flexibility index (Phi) is 6.10. The van der Waals surface area contributed by atoms with Crippen molar-refractivity contribution in [3.63, 3.8) is 0 Å². The molecule has 1 fully saturated rings. The molecule has 1 saturated carbocycles. The summed E-state index contributed by atoms with van der Waals surface area (Å²) in [6, 6.07) is 7.67. The Balaban J connectivity index is 2.21. The van der Waals surface area contributed by atoms with Crippen LogP contribution in [0.3, 0.4) is 0 Å². The fourth-order valence-electron chi connectivity index (χ4n) is 3.16. The Morgan fingerprint density at radius 2 is 1.91 bits per heavy atom. The Morgan fingerprint density at radius 1 is 1.22 bits per heavy atom. The lowest BCUT2D eigenvalue weighted by molar-refractivity contribution is -0.118. The molecule has 2 rings (SSSR count). The minimum atomic E-state index is 0.00288. The van der Waals surface area contributed by atoms with Crippen molar-refractivity contribution < 1.29 is 9.59 Å². The molecule has 0 bridgehead atoms. The number of carbonyl (C=O) groups is 2. The van der Waals surface area contributed by atoms with Crippen LogP contribution in [0.4, 0.5) is 5.69 Å². The zero-order valence-electron chi connectivity index (χ0n) is 14.4. The summed E-state index contributed by atoms with van der Waals surface area (Å²) in [5, 5.41) is 0.648. The van der Waals surface area contributed by atoms with E-state index in [-0.39, 0.29) is 11.8 Å². The van der Waals surface area contributed by atoms with Crippen molar-refractivity contribution in [2.45, 2.75) is 43.9 Å². The summed E-state index contributed by atoms with van der Waals surface area (Å²) < 4.78 is 0. The van der Waals surface area contributed by atoms with Crippen molar-refractivity contribution in [2.24, 2.45) is 0 Å². The van der Waals surface area contributed by atoms with E-state index >= 15 is 0 Å². The zero-order chi connectivity index (χ0) is 17.0. The first-order valence-electron chi connectivity index (χ1n) is 8.15. The number of para-hydroxylation sites is 1. The smallest absolute Gasteiger partial charge is 0.255 e. The van der Waals surface area contributed by atoms with Crippen molar-refractivity contribution >= 4 is 29.3 Å². The molecule has 1 aliphatic carbocycles. The highest BCUT2D eigenvalue weighted by Crippen LogP contribution is 2.32. The minimum Gasteiger partial charge on any atom is -0.339 e. The van der Waals surface area contributed by atoms with Crippen molar-refractivity contribution in [2.75, 3.05) is 25.3 Å². The maximum Gasteiger partial charge on any atom is 0.255 e. The van der Waals surface area contributed by atoms with E-state index in [2.05, 4.69) is 6.26 Å². The van der Waals surface area contributed by atoms with Crippen LogP contribution in [0, 0.1) is 0 Å². The summed E-state index contributed by atoms with van der Waals surface area (Å²) in [4.78, 5) is 28.4. The van der Waals surface area contributed by atoms with Gasteiger partial charge in [-0.05, 0) is 37.7 Å². The molecule has 0 saturated heterocycles. The molecule has 0 N–H and O–H groups in total. The number of benzene rings is 1. The lowest BCUT2D eigenvalue weighted by Crippen LogP contribution is -2.37. The van der Waals surface area contributed by atoms with E-state index in [0.717, 1.165) is 12.8 Å². The lowest BCUT2D eigenvalue weighted by Gasteiger charge is -2.27. The summed E-state index contributed by atoms with van der Waals surface area (Å²) in [6.07, 6.45) is 5.83. The van der Waals surface area contributed by atoms with Gasteiger partial charge in [0.05, 0.1) is 11.3 Å². The molecule has 2 amide bonds. The highest BCUT2D eigenvalue weighted by atomic mass is 32.2. The molecule has 0 aliphatic heterocycles. The summed E-state index contributed by atoms with van der Waals surface area (Å²) in [6.45, 7) is 1.83. The Labute approximate surface area is 143 Å². The van der Waals surface area contributed by atoms with Gasteiger partial charge in [0.25, 0.3) is 5.91 Å². The number of carbonyl (C=O) groups excluding carboxylic acids is 2. The summed E-state index contributed by atoms with van der Waals surface area (Å²) in [5.41, 5.74) is 1.29. The van der Waals surface area contributed by atoms with Crippen LogP contribution in [0.2, 0.25) is 0 Å². The molecule has 1 aromatic carbocycles. The van der Waals surface area contributed by atoms with Crippen molar-refractivity contribution in [3.05, 3.63) is 29.8 Å². The van der Waals surface area contributed by atoms with E-state index in [4.69, 9.17) is 0 Å². The first kappa shape index (κ1) is 17.9. The van der Waals surface area contributed by atoms with Crippen molar-refractivity contribution in [1.82, 2.24) is 4.90 Å². The third-order valence-corrected chi connectivity index (χ3v) is 5.83. The summed E-state index contributed by atoms with van der Waals surface area (Å²) in [7, 11) is 3.62. The SMILES string of the molecule is CCC(=O)N(C)c1ccccc1C(=O)N(C)[C@H]1CC[C@@H](SC)C1. The Hall–Kier alpha value is -1.49. The van der Waals surface area contributed by atoms with E-state index < -0.39 is 0 Å². The van der Waals surface area contributed by atoms with Crippen LogP contribution in [0.5, 0.6) is 0 Å². The number of anilines is 1. The highest BCUT2D eigenvalue weighted by molar-refractivity contribution is 7.99. The fourth-order valence-corrected chi connectivity index (χ4v) is 3.94. The molecule has 2 atom stereocenters. The van der Waals surface area contributed by atoms with E-state index in [9.17, 15) is 9.59 Å². The average molecular weight is 334 g/mol. The topological polar surface area (TPSA) is 40.6 Å². The van der Waals surface area contributed by atoms with Crippen LogP contribution in [0.1, 0.15) is 43.0 Å². The molecule has 0 unspecified atom stereocenters. The van der Waals surface area contributed by atoms with Crippen LogP contribution in [-0.4, -0.2) is 48.4 Å². The molecule has 1 aliphatic rings. The molecule has 0 aromatic heterocycles. The molecule has 0 radical (unpaired) electrons. The first-order valence-corrected chi connectivity index (χ1v) is 9.43. The van der Waals surface area contributed by atoms with E-state index in [0.29, 0.717) is 29.0 Å². The third-order valence-electron chi connectivity index (χ3n) is 4.73. The normalized spacial score (nSPS) is 20.3. The predicted molar refractivity (Wildman–Crippen MR) is 97.2 cm³/mol. The second-order valence-corrected chi connectivity index (χ2v) is 7.20. The highest BCUT2D eigenvalue weighted by Gasteiger charge is 2.31. The van der Waals surface area contributed by atoms with E-state index in [1.54, 1.807) is 11.9 Å². The van der Waals surface area contributed by atoms with Gasteiger partial charge in [-0.15, -0.1) is 0 Å². The number of amides is 2. The Bertz CT molecular complexity index is 576. The van der Waals surface area contributed by atoms with Crippen LogP contribution in [0.15, 0.2) is 24.3 Å². The van der Waals surface area contributed by atoms with Crippen molar-refractivity contribution in [3.8, 4) is 0 Å². The molecule has 0 heterocycles. The summed E-state index contributed by atoms with van der Waals surface area (Å²) >= 11 is 1.89. The molecule has 0 spiro atoms. The standard InChI is InChI=1S/C18H26N2O2S/c1-5-17(21)20(3)16-9-7-6-8-15(16)18(22)19(2)13-10-11-14(12-13)23-4/h6-9,13-14H,5,10-12H2,1-4H3/t13-,14+/m0/s1. The third kappa shape index (κ3) is 3.89. The summed E-state index contributed by atoms with van der Waals surface area (Å²) in [5.74, 6) is 0.0133. The van der Waals surface area contributed by atoms with Gasteiger partial charge in [-0.3, -0.25) is 9.59 Å². The average Bonchev–Trinajstić information content (AvgIpc) is 3.08. The lowest BCUT2D eigenvalue weighted by atomic mass is 10.1. The first-order chi connectivity index (χ1) is 11.0. The molecule has 4 nitrogen and oxygen atoms in total. The quantitative estimate of drug-likeness (QED) is 0.828. The van der Waals surface area contributed by atoms with Crippen LogP contribution < -0.4 is 4.90 Å². The van der Waals surface area contributed by atoms with Gasteiger partial charge in [0.1, 0.15) is 0 Å².